The van der Waals surface area contributed by atoms with E-state index in [1.807, 2.05) is 48.7 Å². The Morgan fingerprint density at radius 3 is 1.88 bits per heavy atom. The molecule has 2 aliphatic heterocycles. The first-order chi connectivity index (χ1) is 16.3. The van der Waals surface area contributed by atoms with Gasteiger partial charge in [-0.3, -0.25) is 4.98 Å². The number of rotatable bonds is 2. The third-order valence-electron chi connectivity index (χ3n) is 6.46. The molecule has 33 heavy (non-hydrogen) atoms. The molecule has 0 amide bonds. The smallest absolute Gasteiger partial charge is 0.260 e. The first kappa shape index (κ1) is 18.3. The van der Waals surface area contributed by atoms with Gasteiger partial charge in [-0.05, 0) is 70.1 Å². The van der Waals surface area contributed by atoms with Crippen molar-refractivity contribution in [2.45, 2.75) is 0 Å². The van der Waals surface area contributed by atoms with Gasteiger partial charge in [-0.1, -0.05) is 60.7 Å². The SMILES string of the molecule is c1ccc(-c2ccc3c(c2)B2c4cc(-c5ccccn5)ccc4Oc4cccc(c42)O3)cc1. The summed E-state index contributed by atoms with van der Waals surface area (Å²) < 4.78 is 12.7. The lowest BCUT2D eigenvalue weighted by atomic mass is 9.34. The second-order valence-electron chi connectivity index (χ2n) is 8.39. The second kappa shape index (κ2) is 7.11. The van der Waals surface area contributed by atoms with Crippen LogP contribution in [0.5, 0.6) is 23.0 Å². The van der Waals surface area contributed by atoms with Gasteiger partial charge in [-0.2, -0.15) is 0 Å². The summed E-state index contributed by atoms with van der Waals surface area (Å²) in [4.78, 5) is 4.56. The van der Waals surface area contributed by atoms with Gasteiger partial charge >= 0.3 is 0 Å². The Kier molecular flexibility index (Phi) is 3.94. The number of ether oxygens (including phenoxy) is 2. The van der Waals surface area contributed by atoms with Crippen LogP contribution in [0.3, 0.4) is 0 Å². The van der Waals surface area contributed by atoms with E-state index >= 15 is 0 Å². The summed E-state index contributed by atoms with van der Waals surface area (Å²) in [5.74, 6) is 3.47. The Hall–Kier alpha value is -4.31. The minimum atomic E-state index is 0.0241. The van der Waals surface area contributed by atoms with E-state index in [0.717, 1.165) is 50.6 Å². The molecular formula is C29H18BNO2. The standard InChI is InChI=1S/C29H18BNO2/c1-2-7-19(8-3-1)20-12-14-25-22(17-20)30-23-18-21(24-9-4-5-16-31-24)13-15-26(23)33-28-11-6-10-27(32-25)29(28)30/h1-18H. The fourth-order valence-electron chi connectivity index (χ4n) is 4.94. The summed E-state index contributed by atoms with van der Waals surface area (Å²) in [5.41, 5.74) is 7.75. The van der Waals surface area contributed by atoms with E-state index in [9.17, 15) is 0 Å². The van der Waals surface area contributed by atoms with E-state index < -0.39 is 0 Å². The predicted molar refractivity (Wildman–Crippen MR) is 133 cm³/mol. The van der Waals surface area contributed by atoms with Crippen LogP contribution in [0.4, 0.5) is 0 Å². The van der Waals surface area contributed by atoms with Crippen LogP contribution >= 0.6 is 0 Å². The first-order valence-electron chi connectivity index (χ1n) is 11.1. The molecular weight excluding hydrogens is 405 g/mol. The lowest BCUT2D eigenvalue weighted by Crippen LogP contribution is -2.57. The number of aromatic nitrogens is 1. The van der Waals surface area contributed by atoms with E-state index in [1.54, 1.807) is 0 Å². The van der Waals surface area contributed by atoms with Crippen molar-refractivity contribution < 1.29 is 9.47 Å². The van der Waals surface area contributed by atoms with Crippen molar-refractivity contribution in [1.29, 1.82) is 0 Å². The topological polar surface area (TPSA) is 31.4 Å². The quantitative estimate of drug-likeness (QED) is 0.361. The molecule has 0 saturated heterocycles. The van der Waals surface area contributed by atoms with Gasteiger partial charge in [0.1, 0.15) is 23.0 Å². The molecule has 4 heteroatoms. The molecule has 0 atom stereocenters. The van der Waals surface area contributed by atoms with Gasteiger partial charge in [-0.15, -0.1) is 0 Å². The highest BCUT2D eigenvalue weighted by Crippen LogP contribution is 2.36. The molecule has 0 bridgehead atoms. The summed E-state index contributed by atoms with van der Waals surface area (Å²) in [6.45, 7) is 0.0241. The summed E-state index contributed by atoms with van der Waals surface area (Å²) in [5, 5.41) is 0. The van der Waals surface area contributed by atoms with E-state index in [-0.39, 0.29) is 6.71 Å². The average Bonchev–Trinajstić information content (AvgIpc) is 2.89. The zero-order chi connectivity index (χ0) is 21.8. The third kappa shape index (κ3) is 2.88. The van der Waals surface area contributed by atoms with Gasteiger partial charge in [0.2, 0.25) is 0 Å². The van der Waals surface area contributed by atoms with E-state index in [2.05, 4.69) is 65.6 Å². The summed E-state index contributed by atoms with van der Waals surface area (Å²) in [6, 6.07) is 35.3. The summed E-state index contributed by atoms with van der Waals surface area (Å²) in [7, 11) is 0. The van der Waals surface area contributed by atoms with Crippen LogP contribution in [0.1, 0.15) is 0 Å². The predicted octanol–water partition coefficient (Wildman–Crippen LogP) is 5.14. The second-order valence-corrected chi connectivity index (χ2v) is 8.39. The van der Waals surface area contributed by atoms with Gasteiger partial charge in [0.25, 0.3) is 6.71 Å². The molecule has 3 heterocycles. The molecule has 0 fully saturated rings. The van der Waals surface area contributed by atoms with Crippen LogP contribution in [0.2, 0.25) is 0 Å². The van der Waals surface area contributed by atoms with Crippen molar-refractivity contribution in [3.8, 4) is 45.4 Å². The number of benzene rings is 4. The van der Waals surface area contributed by atoms with Gasteiger partial charge in [0, 0.05) is 11.7 Å². The maximum absolute atomic E-state index is 6.35. The molecule has 0 saturated carbocycles. The molecule has 0 unspecified atom stereocenters. The molecule has 4 aromatic carbocycles. The van der Waals surface area contributed by atoms with E-state index in [1.165, 1.54) is 11.1 Å². The van der Waals surface area contributed by atoms with Crippen LogP contribution in [0.25, 0.3) is 22.4 Å². The highest BCUT2D eigenvalue weighted by atomic mass is 16.5. The van der Waals surface area contributed by atoms with Crippen molar-refractivity contribution in [3.05, 3.63) is 109 Å². The molecule has 0 aliphatic carbocycles. The van der Waals surface area contributed by atoms with Crippen LogP contribution in [0, 0.1) is 0 Å². The largest absolute Gasteiger partial charge is 0.458 e. The van der Waals surface area contributed by atoms with E-state index in [4.69, 9.17) is 9.47 Å². The number of fused-ring (bicyclic) bond motifs is 4. The molecule has 2 aliphatic rings. The zero-order valence-corrected chi connectivity index (χ0v) is 17.7. The van der Waals surface area contributed by atoms with Crippen LogP contribution in [-0.2, 0) is 0 Å². The van der Waals surface area contributed by atoms with Gasteiger partial charge in [-0.25, -0.2) is 0 Å². The van der Waals surface area contributed by atoms with Crippen molar-refractivity contribution in [2.75, 3.05) is 0 Å². The Labute approximate surface area is 192 Å². The minimum Gasteiger partial charge on any atom is -0.458 e. The molecule has 5 aromatic rings. The summed E-state index contributed by atoms with van der Waals surface area (Å²) >= 11 is 0. The average molecular weight is 423 g/mol. The highest BCUT2D eigenvalue weighted by molar-refractivity contribution is 6.98. The van der Waals surface area contributed by atoms with Crippen LogP contribution < -0.4 is 25.9 Å². The number of pyridine rings is 1. The lowest BCUT2D eigenvalue weighted by Gasteiger charge is -2.33. The number of hydrogen-bond acceptors (Lipinski definition) is 3. The minimum absolute atomic E-state index is 0.0241. The number of hydrogen-bond donors (Lipinski definition) is 0. The summed E-state index contributed by atoms with van der Waals surface area (Å²) in [6.07, 6.45) is 1.83. The Balaban J connectivity index is 1.46. The van der Waals surface area contributed by atoms with Gasteiger partial charge < -0.3 is 9.47 Å². The monoisotopic (exact) mass is 423 g/mol. The third-order valence-corrected chi connectivity index (χ3v) is 6.46. The highest BCUT2D eigenvalue weighted by Gasteiger charge is 2.40. The van der Waals surface area contributed by atoms with Crippen LogP contribution in [0.15, 0.2) is 109 Å². The molecule has 3 nitrogen and oxygen atoms in total. The van der Waals surface area contributed by atoms with E-state index in [0.29, 0.717) is 0 Å². The maximum Gasteiger partial charge on any atom is 0.260 e. The lowest BCUT2D eigenvalue weighted by molar-refractivity contribution is 0.464. The molecule has 0 radical (unpaired) electrons. The number of nitrogens with zero attached hydrogens (tertiary/aromatic N) is 1. The Bertz CT molecular complexity index is 1400. The van der Waals surface area contributed by atoms with Crippen molar-refractivity contribution in [3.63, 3.8) is 0 Å². The van der Waals surface area contributed by atoms with Crippen LogP contribution in [-0.4, -0.2) is 11.7 Å². The maximum atomic E-state index is 6.35. The van der Waals surface area contributed by atoms with Crippen molar-refractivity contribution in [2.24, 2.45) is 0 Å². The Morgan fingerprint density at radius 2 is 1.18 bits per heavy atom. The first-order valence-corrected chi connectivity index (χ1v) is 11.1. The van der Waals surface area contributed by atoms with Gasteiger partial charge in [0.15, 0.2) is 0 Å². The molecule has 154 valence electrons. The molecule has 7 rings (SSSR count). The molecule has 1 aromatic heterocycles. The van der Waals surface area contributed by atoms with Gasteiger partial charge in [0.05, 0.1) is 5.69 Å². The fourth-order valence-corrected chi connectivity index (χ4v) is 4.94. The molecule has 0 spiro atoms. The molecule has 0 N–H and O–H groups in total. The Morgan fingerprint density at radius 1 is 0.515 bits per heavy atom. The normalized spacial score (nSPS) is 12.7. The fraction of sp³-hybridized carbons (Fsp3) is 0. The van der Waals surface area contributed by atoms with Crippen molar-refractivity contribution >= 4 is 23.1 Å². The van der Waals surface area contributed by atoms with Crippen molar-refractivity contribution in [1.82, 2.24) is 4.98 Å². The zero-order valence-electron chi connectivity index (χ0n) is 17.7.